The first-order valence-corrected chi connectivity index (χ1v) is 6.16. The lowest BCUT2D eigenvalue weighted by Gasteiger charge is -2.27. The Hall–Kier alpha value is -1.36. The summed E-state index contributed by atoms with van der Waals surface area (Å²) in [4.78, 5) is 23.6. The largest absolute Gasteiger partial charge is 0.344 e. The van der Waals surface area contributed by atoms with E-state index >= 15 is 0 Å². The van der Waals surface area contributed by atoms with Gasteiger partial charge in [0.25, 0.3) is 0 Å². The van der Waals surface area contributed by atoms with Crippen molar-refractivity contribution in [1.29, 1.82) is 0 Å². The first kappa shape index (κ1) is 12.1. The lowest BCUT2D eigenvalue weighted by molar-refractivity contribution is -0.132. The zero-order valence-corrected chi connectivity index (χ0v) is 9.92. The minimum absolute atomic E-state index is 0.0131. The van der Waals surface area contributed by atoms with Crippen LogP contribution in [0.3, 0.4) is 0 Å². The molecule has 0 saturated carbocycles. The van der Waals surface area contributed by atoms with Gasteiger partial charge in [0.2, 0.25) is 11.8 Å². The van der Waals surface area contributed by atoms with Crippen molar-refractivity contribution in [2.24, 2.45) is 5.92 Å². The molecule has 0 radical (unpaired) electrons. The Labute approximate surface area is 101 Å². The Kier molecular flexibility index (Phi) is 3.78. The highest BCUT2D eigenvalue weighted by molar-refractivity contribution is 5.90. The Morgan fingerprint density at radius 1 is 1.29 bits per heavy atom. The number of piperidine rings is 2. The SMILES string of the molecule is C=C1CCC(NC(=O)C2CCNCC2)C(=O)N1. The van der Waals surface area contributed by atoms with Gasteiger partial charge in [-0.3, -0.25) is 9.59 Å². The van der Waals surface area contributed by atoms with E-state index in [1.807, 2.05) is 0 Å². The fourth-order valence-electron chi connectivity index (χ4n) is 2.28. The molecule has 2 heterocycles. The molecule has 1 unspecified atom stereocenters. The van der Waals surface area contributed by atoms with Crippen molar-refractivity contribution in [1.82, 2.24) is 16.0 Å². The van der Waals surface area contributed by atoms with Crippen LogP contribution in [-0.4, -0.2) is 30.9 Å². The van der Waals surface area contributed by atoms with Crippen LogP contribution in [0.25, 0.3) is 0 Å². The van der Waals surface area contributed by atoms with Crippen molar-refractivity contribution in [3.05, 3.63) is 12.3 Å². The molecule has 0 aliphatic carbocycles. The van der Waals surface area contributed by atoms with E-state index in [1.54, 1.807) is 0 Å². The fraction of sp³-hybridized carbons (Fsp3) is 0.667. The summed E-state index contributed by atoms with van der Waals surface area (Å²) in [6.07, 6.45) is 3.10. The number of carbonyl (C=O) groups is 2. The van der Waals surface area contributed by atoms with Crippen molar-refractivity contribution < 1.29 is 9.59 Å². The number of rotatable bonds is 2. The summed E-state index contributed by atoms with van der Waals surface area (Å²) in [5.74, 6) is -0.0723. The van der Waals surface area contributed by atoms with E-state index in [1.165, 1.54) is 0 Å². The van der Waals surface area contributed by atoms with E-state index in [0.29, 0.717) is 6.42 Å². The lowest BCUT2D eigenvalue weighted by atomic mass is 9.96. The maximum Gasteiger partial charge on any atom is 0.246 e. The first-order valence-electron chi connectivity index (χ1n) is 6.16. The molecule has 2 fully saturated rings. The smallest absolute Gasteiger partial charge is 0.246 e. The number of nitrogens with one attached hydrogen (secondary N) is 3. The van der Waals surface area contributed by atoms with Crippen molar-refractivity contribution in [2.45, 2.75) is 31.7 Å². The van der Waals surface area contributed by atoms with Crippen molar-refractivity contribution >= 4 is 11.8 Å². The number of amides is 2. The highest BCUT2D eigenvalue weighted by atomic mass is 16.2. The molecule has 2 rings (SSSR count). The molecule has 5 heteroatoms. The van der Waals surface area contributed by atoms with Gasteiger partial charge in [-0.15, -0.1) is 0 Å². The molecular formula is C12H19N3O2. The normalized spacial score (nSPS) is 26.5. The van der Waals surface area contributed by atoms with Crippen LogP contribution in [0.4, 0.5) is 0 Å². The van der Waals surface area contributed by atoms with Crippen LogP contribution < -0.4 is 16.0 Å². The minimum Gasteiger partial charge on any atom is -0.344 e. The molecule has 2 amide bonds. The summed E-state index contributed by atoms with van der Waals surface area (Å²) in [6.45, 7) is 5.48. The molecule has 2 saturated heterocycles. The molecule has 0 bridgehead atoms. The van der Waals surface area contributed by atoms with E-state index in [9.17, 15) is 9.59 Å². The van der Waals surface area contributed by atoms with Crippen LogP contribution >= 0.6 is 0 Å². The highest BCUT2D eigenvalue weighted by Gasteiger charge is 2.28. The average molecular weight is 237 g/mol. The molecular weight excluding hydrogens is 218 g/mol. The molecule has 0 aromatic heterocycles. The molecule has 17 heavy (non-hydrogen) atoms. The van der Waals surface area contributed by atoms with Crippen LogP contribution in [-0.2, 0) is 9.59 Å². The van der Waals surface area contributed by atoms with Gasteiger partial charge in [-0.2, -0.15) is 0 Å². The lowest BCUT2D eigenvalue weighted by Crippen LogP contribution is -2.51. The van der Waals surface area contributed by atoms with E-state index in [-0.39, 0.29) is 23.8 Å². The zero-order valence-electron chi connectivity index (χ0n) is 9.92. The molecule has 0 aromatic rings. The van der Waals surface area contributed by atoms with Gasteiger partial charge in [0, 0.05) is 11.6 Å². The van der Waals surface area contributed by atoms with E-state index in [0.717, 1.165) is 38.0 Å². The van der Waals surface area contributed by atoms with Crippen LogP contribution in [0.2, 0.25) is 0 Å². The van der Waals surface area contributed by atoms with Crippen molar-refractivity contribution in [2.75, 3.05) is 13.1 Å². The molecule has 94 valence electrons. The van der Waals surface area contributed by atoms with E-state index < -0.39 is 0 Å². The second kappa shape index (κ2) is 5.31. The third kappa shape index (κ3) is 3.06. The molecule has 1 atom stereocenters. The van der Waals surface area contributed by atoms with Crippen molar-refractivity contribution in [3.63, 3.8) is 0 Å². The predicted octanol–water partition coefficient (Wildman–Crippen LogP) is -0.105. The second-order valence-electron chi connectivity index (χ2n) is 4.72. The fourth-order valence-corrected chi connectivity index (χ4v) is 2.28. The Morgan fingerprint density at radius 2 is 2.00 bits per heavy atom. The predicted molar refractivity (Wildman–Crippen MR) is 64.0 cm³/mol. The van der Waals surface area contributed by atoms with Gasteiger partial charge in [0.1, 0.15) is 6.04 Å². The summed E-state index contributed by atoms with van der Waals surface area (Å²) >= 11 is 0. The third-order valence-electron chi connectivity index (χ3n) is 3.38. The molecule has 3 N–H and O–H groups in total. The molecule has 0 aromatic carbocycles. The Morgan fingerprint density at radius 3 is 2.65 bits per heavy atom. The average Bonchev–Trinajstić information content (AvgIpc) is 2.34. The minimum atomic E-state index is -0.386. The third-order valence-corrected chi connectivity index (χ3v) is 3.38. The monoisotopic (exact) mass is 237 g/mol. The van der Waals surface area contributed by atoms with E-state index in [2.05, 4.69) is 22.5 Å². The quantitative estimate of drug-likeness (QED) is 0.628. The Balaban J connectivity index is 1.85. The van der Waals surface area contributed by atoms with Gasteiger partial charge in [-0.1, -0.05) is 6.58 Å². The first-order chi connectivity index (χ1) is 8.16. The second-order valence-corrected chi connectivity index (χ2v) is 4.72. The summed E-state index contributed by atoms with van der Waals surface area (Å²) in [7, 11) is 0. The zero-order chi connectivity index (χ0) is 12.3. The van der Waals surface area contributed by atoms with Gasteiger partial charge in [-0.05, 0) is 38.8 Å². The Bertz CT molecular complexity index is 335. The molecule has 0 spiro atoms. The van der Waals surface area contributed by atoms with E-state index in [4.69, 9.17) is 0 Å². The standard InChI is InChI=1S/C12H19N3O2/c1-8-2-3-10(12(17)14-8)15-11(16)9-4-6-13-7-5-9/h9-10,13H,1-7H2,(H,14,17)(H,15,16). The molecule has 2 aliphatic heterocycles. The summed E-state index contributed by atoms with van der Waals surface area (Å²) in [5, 5.41) is 8.73. The number of hydrogen-bond donors (Lipinski definition) is 3. The molecule has 2 aliphatic rings. The van der Waals surface area contributed by atoms with Crippen LogP contribution in [0, 0.1) is 5.92 Å². The van der Waals surface area contributed by atoms with Crippen LogP contribution in [0.15, 0.2) is 12.3 Å². The summed E-state index contributed by atoms with van der Waals surface area (Å²) in [5.41, 5.74) is 0.738. The van der Waals surface area contributed by atoms with Gasteiger partial charge in [-0.25, -0.2) is 0 Å². The highest BCUT2D eigenvalue weighted by Crippen LogP contribution is 2.14. The molecule has 5 nitrogen and oxygen atoms in total. The van der Waals surface area contributed by atoms with Gasteiger partial charge < -0.3 is 16.0 Å². The number of carbonyl (C=O) groups excluding carboxylic acids is 2. The number of allylic oxidation sites excluding steroid dienone is 1. The van der Waals surface area contributed by atoms with Gasteiger partial charge in [0.15, 0.2) is 0 Å². The maximum atomic E-state index is 12.0. The number of hydrogen-bond acceptors (Lipinski definition) is 3. The summed E-state index contributed by atoms with van der Waals surface area (Å²) < 4.78 is 0. The van der Waals surface area contributed by atoms with Crippen LogP contribution in [0.1, 0.15) is 25.7 Å². The topological polar surface area (TPSA) is 70.2 Å². The summed E-state index contributed by atoms with van der Waals surface area (Å²) in [6, 6.07) is -0.386. The maximum absolute atomic E-state index is 12.0. The van der Waals surface area contributed by atoms with Gasteiger partial charge >= 0.3 is 0 Å². The van der Waals surface area contributed by atoms with Crippen molar-refractivity contribution in [3.8, 4) is 0 Å². The van der Waals surface area contributed by atoms with Crippen LogP contribution in [0.5, 0.6) is 0 Å². The van der Waals surface area contributed by atoms with Gasteiger partial charge in [0.05, 0.1) is 0 Å².